The maximum atomic E-state index is 10.8. The SMILES string of the molecule is CC(C=O)CN1CCN(CCOCc2ccn(C3CCCCC3)n2)CC1. The third-order valence-electron chi connectivity index (χ3n) is 5.66. The molecule has 1 atom stereocenters. The van der Waals surface area contributed by atoms with Crippen LogP contribution in [0.3, 0.4) is 0 Å². The molecule has 0 radical (unpaired) electrons. The summed E-state index contributed by atoms with van der Waals surface area (Å²) in [6.07, 6.45) is 9.73. The van der Waals surface area contributed by atoms with Crippen molar-refractivity contribution in [3.8, 4) is 0 Å². The Morgan fingerprint density at radius 1 is 1.19 bits per heavy atom. The molecule has 3 rings (SSSR count). The monoisotopic (exact) mass is 362 g/mol. The smallest absolute Gasteiger partial charge is 0.124 e. The quantitative estimate of drug-likeness (QED) is 0.499. The molecule has 0 amide bonds. The van der Waals surface area contributed by atoms with E-state index in [-0.39, 0.29) is 5.92 Å². The summed E-state index contributed by atoms with van der Waals surface area (Å²) in [4.78, 5) is 15.6. The summed E-state index contributed by atoms with van der Waals surface area (Å²) in [6, 6.07) is 2.69. The highest BCUT2D eigenvalue weighted by Gasteiger charge is 2.18. The van der Waals surface area contributed by atoms with Gasteiger partial charge in [-0.15, -0.1) is 0 Å². The molecular weight excluding hydrogens is 328 g/mol. The van der Waals surface area contributed by atoms with Crippen molar-refractivity contribution < 1.29 is 9.53 Å². The number of rotatable bonds is 9. The highest BCUT2D eigenvalue weighted by atomic mass is 16.5. The van der Waals surface area contributed by atoms with Gasteiger partial charge in [0.15, 0.2) is 0 Å². The summed E-state index contributed by atoms with van der Waals surface area (Å²) in [7, 11) is 0. The van der Waals surface area contributed by atoms with Gasteiger partial charge in [-0.1, -0.05) is 26.2 Å². The van der Waals surface area contributed by atoms with Crippen LogP contribution in [0.4, 0.5) is 0 Å². The van der Waals surface area contributed by atoms with Crippen LogP contribution >= 0.6 is 0 Å². The molecule has 0 N–H and O–H groups in total. The van der Waals surface area contributed by atoms with Crippen molar-refractivity contribution in [3.05, 3.63) is 18.0 Å². The molecule has 1 aliphatic heterocycles. The van der Waals surface area contributed by atoms with Crippen LogP contribution in [-0.2, 0) is 16.1 Å². The predicted molar refractivity (Wildman–Crippen MR) is 102 cm³/mol. The van der Waals surface area contributed by atoms with E-state index >= 15 is 0 Å². The molecular formula is C20H34N4O2. The number of aromatic nitrogens is 2. The summed E-state index contributed by atoms with van der Waals surface area (Å²) in [6.45, 7) is 9.42. The maximum absolute atomic E-state index is 10.8. The van der Waals surface area contributed by atoms with Crippen molar-refractivity contribution in [2.24, 2.45) is 5.92 Å². The van der Waals surface area contributed by atoms with Crippen molar-refractivity contribution in [2.45, 2.75) is 51.7 Å². The molecule has 1 aromatic heterocycles. The van der Waals surface area contributed by atoms with E-state index in [4.69, 9.17) is 9.84 Å². The summed E-state index contributed by atoms with van der Waals surface area (Å²) >= 11 is 0. The van der Waals surface area contributed by atoms with Gasteiger partial charge in [0.2, 0.25) is 0 Å². The largest absolute Gasteiger partial charge is 0.374 e. The lowest BCUT2D eigenvalue weighted by Gasteiger charge is -2.35. The number of carbonyl (C=O) groups excluding carboxylic acids is 1. The van der Waals surface area contributed by atoms with Gasteiger partial charge >= 0.3 is 0 Å². The number of ether oxygens (including phenoxy) is 1. The van der Waals surface area contributed by atoms with Crippen molar-refractivity contribution in [2.75, 3.05) is 45.9 Å². The second-order valence-corrected chi connectivity index (χ2v) is 7.89. The van der Waals surface area contributed by atoms with E-state index in [0.717, 1.165) is 57.9 Å². The third-order valence-corrected chi connectivity index (χ3v) is 5.66. The number of nitrogens with zero attached hydrogens (tertiary/aromatic N) is 4. The zero-order chi connectivity index (χ0) is 18.2. The second-order valence-electron chi connectivity index (χ2n) is 7.89. The number of carbonyl (C=O) groups is 1. The minimum Gasteiger partial charge on any atom is -0.374 e. The molecule has 0 bridgehead atoms. The average Bonchev–Trinajstić information content (AvgIpc) is 3.16. The summed E-state index contributed by atoms with van der Waals surface area (Å²) in [5, 5.41) is 4.71. The Kier molecular flexibility index (Phi) is 7.65. The maximum Gasteiger partial charge on any atom is 0.124 e. The van der Waals surface area contributed by atoms with Crippen LogP contribution in [-0.4, -0.2) is 71.7 Å². The molecule has 1 unspecified atom stereocenters. The Labute approximate surface area is 157 Å². The van der Waals surface area contributed by atoms with E-state index in [0.29, 0.717) is 12.6 Å². The summed E-state index contributed by atoms with van der Waals surface area (Å²) in [5.41, 5.74) is 1.04. The van der Waals surface area contributed by atoms with Crippen LogP contribution in [0.5, 0.6) is 0 Å². The minimum atomic E-state index is 0.137. The lowest BCUT2D eigenvalue weighted by atomic mass is 9.96. The van der Waals surface area contributed by atoms with Crippen LogP contribution in [0.15, 0.2) is 12.3 Å². The van der Waals surface area contributed by atoms with Crippen molar-refractivity contribution in [1.82, 2.24) is 19.6 Å². The molecule has 1 aromatic rings. The molecule has 146 valence electrons. The van der Waals surface area contributed by atoms with Crippen molar-refractivity contribution in [1.29, 1.82) is 0 Å². The lowest BCUT2D eigenvalue weighted by molar-refractivity contribution is -0.111. The Hall–Kier alpha value is -1.24. The van der Waals surface area contributed by atoms with E-state index < -0.39 is 0 Å². The van der Waals surface area contributed by atoms with Gasteiger partial charge in [-0.2, -0.15) is 5.10 Å². The van der Waals surface area contributed by atoms with E-state index in [1.807, 2.05) is 6.92 Å². The first-order chi connectivity index (χ1) is 12.7. The molecule has 6 heteroatoms. The topological polar surface area (TPSA) is 50.6 Å². The molecule has 0 spiro atoms. The average molecular weight is 363 g/mol. The first-order valence-corrected chi connectivity index (χ1v) is 10.3. The number of piperazine rings is 1. The molecule has 6 nitrogen and oxygen atoms in total. The molecule has 2 fully saturated rings. The van der Waals surface area contributed by atoms with Gasteiger partial charge in [-0.05, 0) is 18.9 Å². The molecule has 1 aliphatic carbocycles. The number of hydrogen-bond acceptors (Lipinski definition) is 5. The van der Waals surface area contributed by atoms with Crippen LogP contribution in [0.2, 0.25) is 0 Å². The van der Waals surface area contributed by atoms with Crippen molar-refractivity contribution >= 4 is 6.29 Å². The molecule has 1 saturated heterocycles. The summed E-state index contributed by atoms with van der Waals surface area (Å²) < 4.78 is 8.00. The standard InChI is InChI=1S/C20H34N4O2/c1-18(16-25)15-23-11-9-22(10-12-23)13-14-26-17-19-7-8-24(21-19)20-5-3-2-4-6-20/h7-8,16,18,20H,2-6,9-15,17H2,1H3. The van der Waals surface area contributed by atoms with Crippen LogP contribution in [0.1, 0.15) is 50.8 Å². The zero-order valence-corrected chi connectivity index (χ0v) is 16.2. The van der Waals surface area contributed by atoms with Crippen LogP contribution in [0.25, 0.3) is 0 Å². The molecule has 0 aromatic carbocycles. The van der Waals surface area contributed by atoms with E-state index in [1.54, 1.807) is 0 Å². The molecule has 2 aliphatic rings. The van der Waals surface area contributed by atoms with E-state index in [9.17, 15) is 4.79 Å². The van der Waals surface area contributed by atoms with Gasteiger partial charge in [0.25, 0.3) is 0 Å². The zero-order valence-electron chi connectivity index (χ0n) is 16.2. The van der Waals surface area contributed by atoms with Crippen LogP contribution < -0.4 is 0 Å². The Bertz CT molecular complexity index is 534. The summed E-state index contributed by atoms with van der Waals surface area (Å²) in [5.74, 6) is 0.137. The van der Waals surface area contributed by atoms with Gasteiger partial charge in [-0.25, -0.2) is 0 Å². The Morgan fingerprint density at radius 3 is 2.65 bits per heavy atom. The second kappa shape index (κ2) is 10.2. The highest BCUT2D eigenvalue weighted by molar-refractivity contribution is 5.53. The molecule has 26 heavy (non-hydrogen) atoms. The van der Waals surface area contributed by atoms with E-state index in [2.05, 4.69) is 26.7 Å². The lowest BCUT2D eigenvalue weighted by Crippen LogP contribution is -2.48. The molecule has 2 heterocycles. The Morgan fingerprint density at radius 2 is 1.92 bits per heavy atom. The van der Waals surface area contributed by atoms with Crippen molar-refractivity contribution in [3.63, 3.8) is 0 Å². The van der Waals surface area contributed by atoms with Crippen LogP contribution in [0, 0.1) is 5.92 Å². The fourth-order valence-electron chi connectivity index (χ4n) is 4.02. The van der Waals surface area contributed by atoms with Gasteiger partial charge in [0.1, 0.15) is 6.29 Å². The van der Waals surface area contributed by atoms with Gasteiger partial charge in [0.05, 0.1) is 24.9 Å². The van der Waals surface area contributed by atoms with E-state index in [1.165, 1.54) is 32.1 Å². The van der Waals surface area contributed by atoms with Gasteiger partial charge in [-0.3, -0.25) is 9.58 Å². The van der Waals surface area contributed by atoms with Gasteiger partial charge < -0.3 is 14.4 Å². The Balaban J connectivity index is 1.29. The first-order valence-electron chi connectivity index (χ1n) is 10.3. The number of aldehydes is 1. The predicted octanol–water partition coefficient (Wildman–Crippen LogP) is 2.36. The minimum absolute atomic E-state index is 0.137. The normalized spacial score (nSPS) is 21.7. The fourth-order valence-corrected chi connectivity index (χ4v) is 4.02. The third kappa shape index (κ3) is 5.89. The first kappa shape index (κ1) is 19.5. The van der Waals surface area contributed by atoms with Gasteiger partial charge in [0, 0.05) is 51.4 Å². The highest BCUT2D eigenvalue weighted by Crippen LogP contribution is 2.27. The number of hydrogen-bond donors (Lipinski definition) is 0. The fraction of sp³-hybridized carbons (Fsp3) is 0.800. The molecule has 1 saturated carbocycles.